The standard InChI is InChI=1S/C17H20F2N2O3/c1-3-9-21-10-5-4-6-13(21)16(22)20-12-7-8-14(23-2)15(11-12)24-17(18)19/h1,7-8,11,13,17H,4-6,9-10H2,2H3,(H,20,22)/t13-/m0/s1. The van der Waals surface area contributed by atoms with Gasteiger partial charge in [0.1, 0.15) is 0 Å². The third kappa shape index (κ3) is 4.59. The summed E-state index contributed by atoms with van der Waals surface area (Å²) in [5.74, 6) is 2.38. The zero-order valence-corrected chi connectivity index (χ0v) is 13.4. The SMILES string of the molecule is C#CCN1CCCC[C@H]1C(=O)Nc1ccc(OC)c(OC(F)F)c1. The Hall–Kier alpha value is -2.33. The molecule has 1 heterocycles. The molecular weight excluding hydrogens is 318 g/mol. The summed E-state index contributed by atoms with van der Waals surface area (Å²) in [6.45, 7) is -1.81. The van der Waals surface area contributed by atoms with Crippen LogP contribution in [0.3, 0.4) is 0 Å². The fourth-order valence-electron chi connectivity index (χ4n) is 2.76. The number of nitrogens with zero attached hydrogens (tertiary/aromatic N) is 1. The van der Waals surface area contributed by atoms with Gasteiger partial charge in [-0.3, -0.25) is 9.69 Å². The van der Waals surface area contributed by atoms with Gasteiger partial charge in [-0.05, 0) is 31.5 Å². The van der Waals surface area contributed by atoms with Gasteiger partial charge in [0.05, 0.1) is 19.7 Å². The lowest BCUT2D eigenvalue weighted by Gasteiger charge is -2.33. The van der Waals surface area contributed by atoms with Crippen LogP contribution >= 0.6 is 0 Å². The van der Waals surface area contributed by atoms with Crippen molar-refractivity contribution in [3.8, 4) is 23.8 Å². The van der Waals surface area contributed by atoms with Crippen molar-refractivity contribution in [1.82, 2.24) is 4.90 Å². The quantitative estimate of drug-likeness (QED) is 0.811. The molecule has 1 N–H and O–H groups in total. The van der Waals surface area contributed by atoms with Crippen molar-refractivity contribution in [3.63, 3.8) is 0 Å². The number of rotatable bonds is 6. The summed E-state index contributed by atoms with van der Waals surface area (Å²) < 4.78 is 34.3. The molecule has 24 heavy (non-hydrogen) atoms. The molecule has 0 saturated carbocycles. The zero-order valence-electron chi connectivity index (χ0n) is 13.4. The first-order valence-electron chi connectivity index (χ1n) is 7.66. The third-order valence-corrected chi connectivity index (χ3v) is 3.86. The molecule has 0 radical (unpaired) electrons. The molecule has 1 atom stereocenters. The van der Waals surface area contributed by atoms with Gasteiger partial charge in [-0.2, -0.15) is 8.78 Å². The summed E-state index contributed by atoms with van der Waals surface area (Å²) >= 11 is 0. The smallest absolute Gasteiger partial charge is 0.387 e. The number of piperidine rings is 1. The highest BCUT2D eigenvalue weighted by atomic mass is 19.3. The van der Waals surface area contributed by atoms with E-state index in [0.29, 0.717) is 18.7 Å². The minimum Gasteiger partial charge on any atom is -0.493 e. The van der Waals surface area contributed by atoms with Gasteiger partial charge in [0.2, 0.25) is 5.91 Å². The number of alkyl halides is 2. The van der Waals surface area contributed by atoms with Gasteiger partial charge in [0.15, 0.2) is 11.5 Å². The molecule has 1 aromatic rings. The molecule has 0 spiro atoms. The van der Waals surface area contributed by atoms with Crippen LogP contribution in [0.5, 0.6) is 11.5 Å². The van der Waals surface area contributed by atoms with Crippen LogP contribution in [-0.2, 0) is 4.79 Å². The van der Waals surface area contributed by atoms with E-state index in [-0.39, 0.29) is 23.4 Å². The lowest BCUT2D eigenvalue weighted by molar-refractivity contribution is -0.122. The monoisotopic (exact) mass is 338 g/mol. The highest BCUT2D eigenvalue weighted by Gasteiger charge is 2.28. The van der Waals surface area contributed by atoms with E-state index < -0.39 is 6.61 Å². The molecule has 5 nitrogen and oxygen atoms in total. The lowest BCUT2D eigenvalue weighted by atomic mass is 10.0. The van der Waals surface area contributed by atoms with Crippen molar-refractivity contribution >= 4 is 11.6 Å². The maximum atomic E-state index is 12.5. The van der Waals surface area contributed by atoms with E-state index >= 15 is 0 Å². The van der Waals surface area contributed by atoms with Crippen molar-refractivity contribution in [2.24, 2.45) is 0 Å². The van der Waals surface area contributed by atoms with Crippen LogP contribution in [0.1, 0.15) is 19.3 Å². The summed E-state index contributed by atoms with van der Waals surface area (Å²) in [6.07, 6.45) is 8.01. The van der Waals surface area contributed by atoms with E-state index in [1.807, 2.05) is 4.90 Å². The van der Waals surface area contributed by atoms with Crippen molar-refractivity contribution in [3.05, 3.63) is 18.2 Å². The predicted molar refractivity (Wildman–Crippen MR) is 86.3 cm³/mol. The molecule has 1 aliphatic heterocycles. The Bertz CT molecular complexity index is 616. The van der Waals surface area contributed by atoms with Gasteiger partial charge in [0.25, 0.3) is 0 Å². The number of ether oxygens (including phenoxy) is 2. The van der Waals surface area contributed by atoms with Crippen LogP contribution in [0, 0.1) is 12.3 Å². The Morgan fingerprint density at radius 2 is 2.25 bits per heavy atom. The van der Waals surface area contributed by atoms with Crippen molar-refractivity contribution in [1.29, 1.82) is 0 Å². The molecule has 130 valence electrons. The van der Waals surface area contributed by atoms with Crippen LogP contribution in [0.4, 0.5) is 14.5 Å². The second-order valence-electron chi connectivity index (χ2n) is 5.42. The van der Waals surface area contributed by atoms with Gasteiger partial charge in [0, 0.05) is 11.8 Å². The lowest BCUT2D eigenvalue weighted by Crippen LogP contribution is -2.47. The molecule has 1 aliphatic rings. The number of nitrogens with one attached hydrogen (secondary N) is 1. The number of halogens is 2. The van der Waals surface area contributed by atoms with Gasteiger partial charge in [-0.15, -0.1) is 6.42 Å². The van der Waals surface area contributed by atoms with E-state index in [2.05, 4.69) is 16.0 Å². The van der Waals surface area contributed by atoms with Crippen LogP contribution in [0.2, 0.25) is 0 Å². The summed E-state index contributed by atoms with van der Waals surface area (Å²) in [6, 6.07) is 4.03. The van der Waals surface area contributed by atoms with Crippen LogP contribution in [0.15, 0.2) is 18.2 Å². The van der Waals surface area contributed by atoms with Gasteiger partial charge >= 0.3 is 6.61 Å². The van der Waals surface area contributed by atoms with E-state index in [4.69, 9.17) is 11.2 Å². The van der Waals surface area contributed by atoms with Gasteiger partial charge in [-0.25, -0.2) is 0 Å². The van der Waals surface area contributed by atoms with E-state index in [1.54, 1.807) is 6.07 Å². The molecule has 1 aromatic carbocycles. The number of methoxy groups -OCH3 is 1. The Morgan fingerprint density at radius 3 is 2.92 bits per heavy atom. The summed E-state index contributed by atoms with van der Waals surface area (Å²) in [4.78, 5) is 14.4. The summed E-state index contributed by atoms with van der Waals surface area (Å²) in [5, 5.41) is 2.74. The first-order valence-corrected chi connectivity index (χ1v) is 7.66. The maximum Gasteiger partial charge on any atom is 0.387 e. The fourth-order valence-corrected chi connectivity index (χ4v) is 2.76. The molecule has 0 aliphatic carbocycles. The minimum atomic E-state index is -2.98. The maximum absolute atomic E-state index is 12.5. The molecule has 1 saturated heterocycles. The fraction of sp³-hybridized carbons (Fsp3) is 0.471. The Balaban J connectivity index is 2.11. The number of hydrogen-bond acceptors (Lipinski definition) is 4. The van der Waals surface area contributed by atoms with Crippen molar-refractivity contribution in [2.75, 3.05) is 25.5 Å². The van der Waals surface area contributed by atoms with Crippen molar-refractivity contribution < 1.29 is 23.0 Å². The second-order valence-corrected chi connectivity index (χ2v) is 5.42. The predicted octanol–water partition coefficient (Wildman–Crippen LogP) is 2.72. The van der Waals surface area contributed by atoms with E-state index in [9.17, 15) is 13.6 Å². The van der Waals surface area contributed by atoms with Crippen LogP contribution in [0.25, 0.3) is 0 Å². The number of benzene rings is 1. The summed E-state index contributed by atoms with van der Waals surface area (Å²) in [7, 11) is 1.35. The molecule has 0 unspecified atom stereocenters. The average molecular weight is 338 g/mol. The largest absolute Gasteiger partial charge is 0.493 e. The second kappa shape index (κ2) is 8.50. The number of likely N-dealkylation sites (tertiary alicyclic amines) is 1. The molecule has 0 aromatic heterocycles. The highest BCUT2D eigenvalue weighted by molar-refractivity contribution is 5.95. The first-order chi connectivity index (χ1) is 11.5. The molecule has 0 bridgehead atoms. The van der Waals surface area contributed by atoms with Crippen molar-refractivity contribution in [2.45, 2.75) is 31.9 Å². The molecular formula is C17H20F2N2O3. The van der Waals surface area contributed by atoms with E-state index in [1.165, 1.54) is 19.2 Å². The number of carbonyl (C=O) groups excluding carboxylic acids is 1. The van der Waals surface area contributed by atoms with Gasteiger partial charge < -0.3 is 14.8 Å². The Morgan fingerprint density at radius 1 is 1.46 bits per heavy atom. The van der Waals surface area contributed by atoms with Crippen LogP contribution in [-0.4, -0.2) is 43.7 Å². The molecule has 2 rings (SSSR count). The topological polar surface area (TPSA) is 50.8 Å². The Kier molecular flexibility index (Phi) is 6.38. The molecule has 1 fully saturated rings. The molecule has 1 amide bonds. The van der Waals surface area contributed by atoms with Crippen LogP contribution < -0.4 is 14.8 Å². The number of carbonyl (C=O) groups is 1. The first kappa shape index (κ1) is 18.0. The number of anilines is 1. The number of amides is 1. The van der Waals surface area contributed by atoms with Gasteiger partial charge in [-0.1, -0.05) is 12.3 Å². The average Bonchev–Trinajstić information content (AvgIpc) is 2.55. The van der Waals surface area contributed by atoms with E-state index in [0.717, 1.165) is 19.4 Å². The zero-order chi connectivity index (χ0) is 17.5. The number of hydrogen-bond donors (Lipinski definition) is 1. The highest BCUT2D eigenvalue weighted by Crippen LogP contribution is 2.31. The number of terminal acetylenes is 1. The minimum absolute atomic E-state index is 0.130. The third-order valence-electron chi connectivity index (χ3n) is 3.86. The summed E-state index contributed by atoms with van der Waals surface area (Å²) in [5.41, 5.74) is 0.364. The molecule has 7 heteroatoms. The Labute approximate surface area is 139 Å². The normalized spacial score (nSPS) is 18.0.